The molecule has 3 heterocycles. The highest BCUT2D eigenvalue weighted by Gasteiger charge is 2.33. The van der Waals surface area contributed by atoms with E-state index >= 15 is 0 Å². The van der Waals surface area contributed by atoms with E-state index in [-0.39, 0.29) is 17.5 Å². The molecule has 0 unspecified atom stereocenters. The molecule has 0 bridgehead atoms. The van der Waals surface area contributed by atoms with Crippen LogP contribution in [0.25, 0.3) is 38.3 Å². The van der Waals surface area contributed by atoms with Gasteiger partial charge in [-0.25, -0.2) is 15.9 Å². The van der Waals surface area contributed by atoms with Crippen molar-refractivity contribution in [2.45, 2.75) is 6.04 Å². The van der Waals surface area contributed by atoms with Gasteiger partial charge >= 0.3 is 5.97 Å². The largest absolute Gasteiger partial charge is 0.478 e. The number of nitrogens with zero attached hydrogens (tertiary/aromatic N) is 4. The van der Waals surface area contributed by atoms with Crippen LogP contribution < -0.4 is 14.8 Å². The van der Waals surface area contributed by atoms with Gasteiger partial charge in [0.2, 0.25) is 5.36 Å². The molecule has 35 heavy (non-hydrogen) atoms. The number of hydrogen-bond acceptors (Lipinski definition) is 4. The number of carboxylic acid groups (broad SMARTS) is 1. The van der Waals surface area contributed by atoms with Crippen molar-refractivity contribution in [3.05, 3.63) is 83.0 Å². The van der Waals surface area contributed by atoms with E-state index in [0.29, 0.717) is 43.1 Å². The molecule has 1 N–H and O–H groups in total. The molecule has 7 heteroatoms. The molecule has 7 nitrogen and oxygen atoms in total. The van der Waals surface area contributed by atoms with Crippen LogP contribution in [0, 0.1) is 23.8 Å². The Morgan fingerprint density at radius 3 is 2.66 bits per heavy atom. The van der Waals surface area contributed by atoms with Crippen molar-refractivity contribution in [2.75, 3.05) is 31.1 Å². The number of benzene rings is 3. The number of aromatic carboxylic acids is 1. The molecule has 0 atom stereocenters. The fourth-order valence-corrected chi connectivity index (χ4v) is 4.96. The zero-order valence-corrected chi connectivity index (χ0v) is 18.8. The van der Waals surface area contributed by atoms with Crippen molar-refractivity contribution in [1.29, 1.82) is 5.26 Å². The Bertz CT molecular complexity index is 1620. The fraction of sp³-hybridized carbons (Fsp3) is 0.214. The van der Waals surface area contributed by atoms with Gasteiger partial charge in [-0.2, -0.15) is 5.26 Å². The van der Waals surface area contributed by atoms with Gasteiger partial charge in [0, 0.05) is 34.3 Å². The second-order valence-electron chi connectivity index (χ2n) is 9.11. The molecule has 170 valence electrons. The van der Waals surface area contributed by atoms with Crippen molar-refractivity contribution >= 4 is 22.6 Å². The molecule has 0 spiro atoms. The predicted octanol–water partition coefficient (Wildman–Crippen LogP) is 3.94. The van der Waals surface area contributed by atoms with Gasteiger partial charge in [-0.15, -0.1) is 0 Å². The summed E-state index contributed by atoms with van der Waals surface area (Å²) in [6.07, 6.45) is 0. The third-order valence-electron chi connectivity index (χ3n) is 6.96. The molecule has 0 amide bonds. The minimum absolute atomic E-state index is 0.0218. The van der Waals surface area contributed by atoms with Gasteiger partial charge in [-0.3, -0.25) is 0 Å². The standard InChI is InChI=1S/C28H20N4O3/c1-30-18-15-32(16-18)20-7-9-24-26(11-20)35-25-10-19(31-13-17(12-29)14-31)6-8-23(25)27(24)21-4-2-3-5-22(21)28(33)34/h2-11,17-18H,13-16H2/p+1. The highest BCUT2D eigenvalue weighted by atomic mass is 16.4. The first-order valence-corrected chi connectivity index (χ1v) is 11.5. The molecule has 2 aromatic rings. The molecule has 3 aliphatic heterocycles. The second-order valence-corrected chi connectivity index (χ2v) is 9.11. The quantitative estimate of drug-likeness (QED) is 0.284. The SMILES string of the molecule is [C-]#[N+]C1CN(c2ccc3c(-c4ccccc4C(=O)O)c4ccc(=[N+]5CC(C#N)C5)cc-4oc3c2)C1. The van der Waals surface area contributed by atoms with Crippen LogP contribution in [-0.4, -0.2) is 43.3 Å². The molecule has 0 saturated carbocycles. The van der Waals surface area contributed by atoms with E-state index < -0.39 is 5.97 Å². The van der Waals surface area contributed by atoms with Crippen LogP contribution in [0.15, 0.2) is 65.1 Å². The summed E-state index contributed by atoms with van der Waals surface area (Å²) in [5.74, 6) is -0.286. The summed E-state index contributed by atoms with van der Waals surface area (Å²) in [5, 5.41) is 20.8. The Kier molecular flexibility index (Phi) is 4.79. The third-order valence-corrected chi connectivity index (χ3v) is 6.96. The molecular formula is C28H21N4O3+. The summed E-state index contributed by atoms with van der Waals surface area (Å²) in [5.41, 5.74) is 4.16. The monoisotopic (exact) mass is 461 g/mol. The van der Waals surface area contributed by atoms with Crippen molar-refractivity contribution < 1.29 is 14.3 Å². The smallest absolute Gasteiger partial charge is 0.336 e. The number of fused-ring (bicyclic) bond motifs is 2. The van der Waals surface area contributed by atoms with E-state index in [2.05, 4.69) is 20.4 Å². The molecule has 2 aromatic carbocycles. The van der Waals surface area contributed by atoms with Crippen molar-refractivity contribution in [1.82, 2.24) is 4.58 Å². The van der Waals surface area contributed by atoms with E-state index in [1.165, 1.54) is 0 Å². The fourth-order valence-electron chi connectivity index (χ4n) is 4.96. The van der Waals surface area contributed by atoms with Crippen molar-refractivity contribution in [3.8, 4) is 28.5 Å². The van der Waals surface area contributed by atoms with E-state index in [1.807, 2.05) is 48.5 Å². The topological polar surface area (TPSA) is 84.8 Å². The number of anilines is 1. The lowest BCUT2D eigenvalue weighted by molar-refractivity contribution is 0.0697. The number of carbonyl (C=O) groups is 1. The van der Waals surface area contributed by atoms with Crippen LogP contribution in [0.4, 0.5) is 5.69 Å². The third kappa shape index (κ3) is 3.41. The molecule has 0 aromatic heterocycles. The lowest BCUT2D eigenvalue weighted by Crippen LogP contribution is -2.49. The Hall–Kier alpha value is -4.62. The van der Waals surface area contributed by atoms with Crippen LogP contribution in [0.3, 0.4) is 0 Å². The van der Waals surface area contributed by atoms with E-state index in [1.54, 1.807) is 12.1 Å². The van der Waals surface area contributed by atoms with Gasteiger partial charge in [0.15, 0.2) is 19.0 Å². The number of carboxylic acids is 1. The highest BCUT2D eigenvalue weighted by Crippen LogP contribution is 2.42. The highest BCUT2D eigenvalue weighted by molar-refractivity contribution is 6.07. The normalized spacial score (nSPS) is 17.5. The van der Waals surface area contributed by atoms with E-state index in [0.717, 1.165) is 27.6 Å². The van der Waals surface area contributed by atoms with Gasteiger partial charge in [0.05, 0.1) is 30.8 Å². The minimum atomic E-state index is -0.982. The predicted molar refractivity (Wildman–Crippen MR) is 132 cm³/mol. The Balaban J connectivity index is 1.60. The Morgan fingerprint density at radius 2 is 1.91 bits per heavy atom. The zero-order chi connectivity index (χ0) is 24.1. The maximum atomic E-state index is 12.1. The summed E-state index contributed by atoms with van der Waals surface area (Å²) in [6, 6.07) is 21.3. The Labute approximate surface area is 201 Å². The summed E-state index contributed by atoms with van der Waals surface area (Å²) in [4.78, 5) is 17.8. The number of rotatable bonds is 3. The van der Waals surface area contributed by atoms with E-state index in [9.17, 15) is 9.90 Å². The molecule has 6 rings (SSSR count). The first-order valence-electron chi connectivity index (χ1n) is 11.5. The van der Waals surface area contributed by atoms with Crippen molar-refractivity contribution in [2.24, 2.45) is 5.92 Å². The van der Waals surface area contributed by atoms with Crippen LogP contribution in [-0.2, 0) is 0 Å². The van der Waals surface area contributed by atoms with Gasteiger partial charge in [0.25, 0.3) is 6.04 Å². The number of hydrogen-bond donors (Lipinski definition) is 1. The molecule has 4 aliphatic rings. The molecular weight excluding hydrogens is 440 g/mol. The lowest BCUT2D eigenvalue weighted by atomic mass is 9.90. The average Bonchev–Trinajstić information content (AvgIpc) is 2.81. The van der Waals surface area contributed by atoms with Crippen LogP contribution in [0.5, 0.6) is 0 Å². The zero-order valence-electron chi connectivity index (χ0n) is 18.8. The lowest BCUT2D eigenvalue weighted by Gasteiger charge is -2.33. The van der Waals surface area contributed by atoms with Crippen LogP contribution in [0.2, 0.25) is 0 Å². The van der Waals surface area contributed by atoms with Gasteiger partial charge in [0.1, 0.15) is 11.3 Å². The van der Waals surface area contributed by atoms with Crippen LogP contribution >= 0.6 is 0 Å². The molecule has 2 fully saturated rings. The summed E-state index contributed by atoms with van der Waals surface area (Å²) in [6.45, 7) is 9.98. The first-order chi connectivity index (χ1) is 17.1. The van der Waals surface area contributed by atoms with E-state index in [4.69, 9.17) is 16.3 Å². The summed E-state index contributed by atoms with van der Waals surface area (Å²) in [7, 11) is 0. The van der Waals surface area contributed by atoms with Crippen LogP contribution in [0.1, 0.15) is 10.4 Å². The van der Waals surface area contributed by atoms with Gasteiger partial charge in [-0.05, 0) is 29.8 Å². The maximum Gasteiger partial charge on any atom is 0.336 e. The molecule has 2 saturated heterocycles. The van der Waals surface area contributed by atoms with Gasteiger partial charge in [-0.1, -0.05) is 18.2 Å². The first kappa shape index (κ1) is 20.9. The molecule has 0 radical (unpaired) electrons. The minimum Gasteiger partial charge on any atom is -0.478 e. The maximum absolute atomic E-state index is 12.1. The number of nitriles is 1. The summed E-state index contributed by atoms with van der Waals surface area (Å²) < 4.78 is 8.55. The van der Waals surface area contributed by atoms with Crippen molar-refractivity contribution in [3.63, 3.8) is 0 Å². The average molecular weight is 462 g/mol. The Morgan fingerprint density at radius 1 is 1.11 bits per heavy atom. The summed E-state index contributed by atoms with van der Waals surface area (Å²) >= 11 is 0. The second kappa shape index (κ2) is 8.00. The molecule has 1 aliphatic carbocycles. The van der Waals surface area contributed by atoms with Gasteiger partial charge < -0.3 is 19.3 Å².